The van der Waals surface area contributed by atoms with E-state index in [-0.39, 0.29) is 48.8 Å². The molecule has 0 spiro atoms. The van der Waals surface area contributed by atoms with Crippen molar-refractivity contribution in [3.63, 3.8) is 0 Å². The quantitative estimate of drug-likeness (QED) is 0.439. The van der Waals surface area contributed by atoms with Gasteiger partial charge in [0.05, 0.1) is 24.1 Å². The lowest BCUT2D eigenvalue weighted by atomic mass is 10.1. The number of hydrogen-bond acceptors (Lipinski definition) is 5. The lowest BCUT2D eigenvalue weighted by Crippen LogP contribution is -2.49. The van der Waals surface area contributed by atoms with E-state index in [0.29, 0.717) is 11.4 Å². The van der Waals surface area contributed by atoms with Gasteiger partial charge in [0.15, 0.2) is 0 Å². The van der Waals surface area contributed by atoms with Gasteiger partial charge in [0.1, 0.15) is 11.8 Å². The second-order valence-corrected chi connectivity index (χ2v) is 11.4. The fourth-order valence-corrected chi connectivity index (χ4v) is 4.98. The molecule has 0 aliphatic carbocycles. The van der Waals surface area contributed by atoms with Crippen molar-refractivity contribution >= 4 is 39.1 Å². The molecule has 2 amide bonds. The Balaban J connectivity index is 2.20. The van der Waals surface area contributed by atoms with Crippen molar-refractivity contribution in [2.24, 2.45) is 0 Å². The van der Waals surface area contributed by atoms with Crippen LogP contribution >= 0.6 is 11.6 Å². The van der Waals surface area contributed by atoms with Crippen molar-refractivity contribution in [3.8, 4) is 5.75 Å². The first-order valence-corrected chi connectivity index (χ1v) is 14.0. The number of sulfonamides is 1. The summed E-state index contributed by atoms with van der Waals surface area (Å²) >= 11 is 6.19. The zero-order valence-corrected chi connectivity index (χ0v) is 23.3. The Kier molecular flexibility index (Phi) is 10.6. The van der Waals surface area contributed by atoms with Crippen LogP contribution in [0.1, 0.15) is 44.7 Å². The average molecular weight is 538 g/mol. The summed E-state index contributed by atoms with van der Waals surface area (Å²) in [5.41, 5.74) is 2.35. The maximum atomic E-state index is 13.3. The van der Waals surface area contributed by atoms with Crippen LogP contribution in [0.5, 0.6) is 5.75 Å². The Hall–Kier alpha value is -2.78. The maximum Gasteiger partial charge on any atom is 0.242 e. The lowest BCUT2D eigenvalue weighted by molar-refractivity contribution is -0.140. The largest absolute Gasteiger partial charge is 0.495 e. The van der Waals surface area contributed by atoms with Crippen LogP contribution < -0.4 is 14.4 Å². The number of carbonyl (C=O) groups is 2. The Morgan fingerprint density at radius 3 is 2.33 bits per heavy atom. The molecule has 1 N–H and O–H groups in total. The summed E-state index contributed by atoms with van der Waals surface area (Å²) in [6, 6.07) is 11.7. The third-order valence-electron chi connectivity index (χ3n) is 5.78. The Morgan fingerprint density at radius 1 is 1.11 bits per heavy atom. The summed E-state index contributed by atoms with van der Waals surface area (Å²) in [6.45, 7) is 7.75. The Bertz CT molecular complexity index is 1170. The molecule has 0 aliphatic heterocycles. The Morgan fingerprint density at radius 2 is 1.78 bits per heavy atom. The molecule has 8 nitrogen and oxygen atoms in total. The number of amides is 2. The van der Waals surface area contributed by atoms with Gasteiger partial charge in [0, 0.05) is 25.6 Å². The van der Waals surface area contributed by atoms with Gasteiger partial charge in [-0.2, -0.15) is 0 Å². The summed E-state index contributed by atoms with van der Waals surface area (Å²) in [5.74, 6) is -0.0343. The van der Waals surface area contributed by atoms with Gasteiger partial charge in [-0.05, 0) is 63.4 Å². The van der Waals surface area contributed by atoms with E-state index in [1.165, 1.54) is 17.5 Å². The van der Waals surface area contributed by atoms with Crippen LogP contribution in [0.3, 0.4) is 0 Å². The first kappa shape index (κ1) is 29.5. The van der Waals surface area contributed by atoms with Gasteiger partial charge in [-0.15, -0.1) is 0 Å². The molecule has 198 valence electrons. The van der Waals surface area contributed by atoms with Gasteiger partial charge in [-0.3, -0.25) is 13.9 Å². The number of ether oxygens (including phenoxy) is 1. The van der Waals surface area contributed by atoms with E-state index in [2.05, 4.69) is 5.32 Å². The molecule has 0 heterocycles. The summed E-state index contributed by atoms with van der Waals surface area (Å²) in [6.07, 6.45) is 1.44. The number of halogens is 1. The van der Waals surface area contributed by atoms with Crippen LogP contribution in [0, 0.1) is 6.92 Å². The van der Waals surface area contributed by atoms with Crippen LogP contribution in [-0.4, -0.2) is 57.1 Å². The van der Waals surface area contributed by atoms with Crippen LogP contribution in [0.25, 0.3) is 0 Å². The molecule has 2 aromatic carbocycles. The van der Waals surface area contributed by atoms with Crippen LogP contribution in [-0.2, 0) is 26.2 Å². The molecule has 0 bridgehead atoms. The minimum absolute atomic E-state index is 0.0602. The zero-order valence-electron chi connectivity index (χ0n) is 21.7. The van der Waals surface area contributed by atoms with Gasteiger partial charge in [0.2, 0.25) is 21.8 Å². The van der Waals surface area contributed by atoms with Crippen LogP contribution in [0.2, 0.25) is 5.02 Å². The third kappa shape index (κ3) is 8.13. The highest BCUT2D eigenvalue weighted by Crippen LogP contribution is 2.30. The SMILES string of the molecule is COc1ccc(N(CCCC(=O)N(Cc2ccccc2C)[C@@H](C)C(=O)NC(C)C)S(C)(=O)=O)cc1Cl. The lowest BCUT2D eigenvalue weighted by Gasteiger charge is -2.30. The van der Waals surface area contributed by atoms with E-state index in [0.717, 1.165) is 17.4 Å². The van der Waals surface area contributed by atoms with Crippen molar-refractivity contribution in [2.45, 2.75) is 59.2 Å². The highest BCUT2D eigenvalue weighted by molar-refractivity contribution is 7.92. The van der Waals surface area contributed by atoms with Crippen molar-refractivity contribution in [2.75, 3.05) is 24.2 Å². The second-order valence-electron chi connectivity index (χ2n) is 9.04. The smallest absolute Gasteiger partial charge is 0.242 e. The van der Waals surface area contributed by atoms with E-state index in [1.54, 1.807) is 24.0 Å². The number of benzene rings is 2. The van der Waals surface area contributed by atoms with E-state index in [4.69, 9.17) is 16.3 Å². The van der Waals surface area contributed by atoms with Crippen LogP contribution in [0.4, 0.5) is 5.69 Å². The van der Waals surface area contributed by atoms with Gasteiger partial charge in [0.25, 0.3) is 0 Å². The molecular formula is C26H36ClN3O5S. The van der Waals surface area contributed by atoms with Crippen LogP contribution in [0.15, 0.2) is 42.5 Å². The molecule has 1 atom stereocenters. The first-order valence-electron chi connectivity index (χ1n) is 11.8. The van der Waals surface area contributed by atoms with E-state index < -0.39 is 16.1 Å². The number of carbonyl (C=O) groups excluding carboxylic acids is 2. The first-order chi connectivity index (χ1) is 16.8. The summed E-state index contributed by atoms with van der Waals surface area (Å²) in [5, 5.41) is 3.15. The second kappa shape index (κ2) is 13.0. The molecule has 36 heavy (non-hydrogen) atoms. The predicted molar refractivity (Wildman–Crippen MR) is 144 cm³/mol. The number of nitrogens with one attached hydrogen (secondary N) is 1. The van der Waals surface area contributed by atoms with Gasteiger partial charge in [-0.1, -0.05) is 35.9 Å². The standard InChI is InChI=1S/C26H36ClN3O5S/c1-18(2)28-26(32)20(4)29(17-21-11-8-7-10-19(21)3)25(31)12-9-15-30(36(6,33)34)22-13-14-24(35-5)23(27)16-22/h7-8,10-11,13-14,16,18,20H,9,12,15,17H2,1-6H3,(H,28,32)/t20-/m0/s1. The highest BCUT2D eigenvalue weighted by Gasteiger charge is 2.27. The molecule has 0 radical (unpaired) electrons. The fraction of sp³-hybridized carbons (Fsp3) is 0.462. The molecule has 2 rings (SSSR count). The van der Waals surface area contributed by atoms with E-state index in [1.807, 2.05) is 45.0 Å². The molecule has 0 saturated heterocycles. The molecule has 0 aromatic heterocycles. The molecule has 10 heteroatoms. The molecule has 2 aromatic rings. The van der Waals surface area contributed by atoms with Crippen molar-refractivity contribution in [1.82, 2.24) is 10.2 Å². The zero-order chi connectivity index (χ0) is 27.0. The van der Waals surface area contributed by atoms with Gasteiger partial charge in [-0.25, -0.2) is 8.42 Å². The maximum absolute atomic E-state index is 13.3. The topological polar surface area (TPSA) is 96.0 Å². The number of hydrogen-bond donors (Lipinski definition) is 1. The summed E-state index contributed by atoms with van der Waals surface area (Å²) in [4.78, 5) is 27.6. The number of methoxy groups -OCH3 is 1. The van der Waals surface area contributed by atoms with Crippen molar-refractivity contribution in [1.29, 1.82) is 0 Å². The molecule has 0 fully saturated rings. The number of nitrogens with zero attached hydrogens (tertiary/aromatic N) is 2. The predicted octanol–water partition coefficient (Wildman–Crippen LogP) is 4.15. The van der Waals surface area contributed by atoms with E-state index >= 15 is 0 Å². The molecule has 0 unspecified atom stereocenters. The van der Waals surface area contributed by atoms with Gasteiger partial charge >= 0.3 is 0 Å². The number of anilines is 1. The molecule has 0 aliphatic rings. The monoisotopic (exact) mass is 537 g/mol. The minimum atomic E-state index is -3.63. The summed E-state index contributed by atoms with van der Waals surface area (Å²) < 4.78 is 31.3. The Labute approximate surface area is 219 Å². The normalized spacial score (nSPS) is 12.2. The third-order valence-corrected chi connectivity index (χ3v) is 7.27. The highest BCUT2D eigenvalue weighted by atomic mass is 35.5. The average Bonchev–Trinajstić information content (AvgIpc) is 2.79. The van der Waals surface area contributed by atoms with Crippen molar-refractivity contribution < 1.29 is 22.7 Å². The minimum Gasteiger partial charge on any atom is -0.495 e. The van der Waals surface area contributed by atoms with E-state index in [9.17, 15) is 18.0 Å². The van der Waals surface area contributed by atoms with Crippen molar-refractivity contribution in [3.05, 3.63) is 58.6 Å². The molecule has 0 saturated carbocycles. The van der Waals surface area contributed by atoms with Gasteiger partial charge < -0.3 is 15.0 Å². The summed E-state index contributed by atoms with van der Waals surface area (Å²) in [7, 11) is -2.15. The number of aryl methyl sites for hydroxylation is 1. The number of rotatable bonds is 12. The molecular weight excluding hydrogens is 502 g/mol. The fourth-order valence-electron chi connectivity index (χ4n) is 3.77.